The number of nitrogens with two attached hydrogens (primary N) is 1. The number of aliphatic hydroxyl groups is 1. The number of benzene rings is 1. The Morgan fingerprint density at radius 2 is 1.88 bits per heavy atom. The molecule has 6 heteroatoms. The molecule has 0 aromatic heterocycles. The highest BCUT2D eigenvalue weighted by molar-refractivity contribution is 5.43. The van der Waals surface area contributed by atoms with E-state index < -0.39 is 35.2 Å². The highest BCUT2D eigenvalue weighted by atomic mass is 19.4. The quantitative estimate of drug-likeness (QED) is 0.732. The van der Waals surface area contributed by atoms with E-state index in [0.717, 1.165) is 18.2 Å². The summed E-state index contributed by atoms with van der Waals surface area (Å²) >= 11 is 0. The molecular formula is C10H12F3NO2. The molecule has 0 saturated carbocycles. The minimum Gasteiger partial charge on any atom is -0.508 e. The average Bonchev–Trinajstić information content (AvgIpc) is 2.14. The van der Waals surface area contributed by atoms with Gasteiger partial charge in [-0.15, -0.1) is 0 Å². The molecule has 2 atom stereocenters. The molecule has 0 aliphatic rings. The Morgan fingerprint density at radius 3 is 2.31 bits per heavy atom. The molecule has 0 aliphatic carbocycles. The van der Waals surface area contributed by atoms with Crippen molar-refractivity contribution >= 4 is 0 Å². The first-order valence-corrected chi connectivity index (χ1v) is 4.58. The molecule has 0 aliphatic heterocycles. The van der Waals surface area contributed by atoms with E-state index in [4.69, 9.17) is 5.73 Å². The molecular weight excluding hydrogens is 223 g/mol. The molecule has 0 bridgehead atoms. The maximum Gasteiger partial charge on any atom is 0.416 e. The third-order valence-electron chi connectivity index (χ3n) is 2.18. The number of aliphatic hydroxyl groups excluding tert-OH is 1. The Hall–Kier alpha value is -1.27. The summed E-state index contributed by atoms with van der Waals surface area (Å²) in [6, 6.07) is 2.03. The van der Waals surface area contributed by atoms with Gasteiger partial charge in [-0.3, -0.25) is 0 Å². The second kappa shape index (κ2) is 4.31. The normalized spacial score (nSPS) is 15.9. The van der Waals surface area contributed by atoms with E-state index in [1.54, 1.807) is 0 Å². The Morgan fingerprint density at radius 1 is 1.31 bits per heavy atom. The molecule has 0 amide bonds. The zero-order valence-corrected chi connectivity index (χ0v) is 8.49. The first kappa shape index (κ1) is 12.8. The van der Waals surface area contributed by atoms with E-state index in [2.05, 4.69) is 0 Å². The lowest BCUT2D eigenvalue weighted by atomic mass is 9.97. The Kier molecular flexibility index (Phi) is 3.44. The number of halogens is 3. The van der Waals surface area contributed by atoms with E-state index >= 15 is 0 Å². The number of rotatable bonds is 2. The van der Waals surface area contributed by atoms with E-state index in [-0.39, 0.29) is 0 Å². The van der Waals surface area contributed by atoms with E-state index in [0.29, 0.717) is 0 Å². The lowest BCUT2D eigenvalue weighted by Gasteiger charge is -2.21. The molecule has 0 fully saturated rings. The van der Waals surface area contributed by atoms with Gasteiger partial charge >= 0.3 is 6.18 Å². The second-order valence-corrected chi connectivity index (χ2v) is 3.54. The van der Waals surface area contributed by atoms with Crippen LogP contribution in [0.25, 0.3) is 0 Å². The molecule has 3 nitrogen and oxygen atoms in total. The molecule has 0 saturated heterocycles. The fourth-order valence-corrected chi connectivity index (χ4v) is 1.37. The number of hydrogen-bond acceptors (Lipinski definition) is 3. The lowest BCUT2D eigenvalue weighted by molar-refractivity contribution is -0.139. The highest BCUT2D eigenvalue weighted by Crippen LogP contribution is 2.39. The number of alkyl halides is 3. The van der Waals surface area contributed by atoms with Crippen LogP contribution in [0.15, 0.2) is 18.2 Å². The molecule has 0 spiro atoms. The summed E-state index contributed by atoms with van der Waals surface area (Å²) in [6.07, 6.45) is -6.19. The maximum absolute atomic E-state index is 12.6. The monoisotopic (exact) mass is 235 g/mol. The highest BCUT2D eigenvalue weighted by Gasteiger charge is 2.37. The molecule has 1 rings (SSSR count). The van der Waals surface area contributed by atoms with E-state index in [1.807, 2.05) is 0 Å². The number of hydrogen-bond donors (Lipinski definition) is 3. The van der Waals surface area contributed by atoms with Crippen LogP contribution in [0.5, 0.6) is 5.75 Å². The standard InChI is InChI=1S/C10H12F3NO2/c1-5(14)9(16)8-6(10(11,12)13)3-2-4-7(8)15/h2-5,9,15-16H,14H2,1H3. The first-order valence-electron chi connectivity index (χ1n) is 4.58. The number of phenols is 1. The van der Waals surface area contributed by atoms with Gasteiger partial charge < -0.3 is 15.9 Å². The largest absolute Gasteiger partial charge is 0.508 e. The first-order chi connectivity index (χ1) is 7.25. The van der Waals surface area contributed by atoms with Gasteiger partial charge in [0.15, 0.2) is 0 Å². The predicted octanol–water partition coefficient (Wildman–Crippen LogP) is 1.79. The van der Waals surface area contributed by atoms with Crippen LogP contribution in [-0.4, -0.2) is 16.3 Å². The molecule has 1 aromatic rings. The van der Waals surface area contributed by atoms with Gasteiger partial charge in [0.05, 0.1) is 11.7 Å². The van der Waals surface area contributed by atoms with Gasteiger partial charge in [-0.1, -0.05) is 6.07 Å². The molecule has 2 unspecified atom stereocenters. The zero-order valence-electron chi connectivity index (χ0n) is 8.49. The second-order valence-electron chi connectivity index (χ2n) is 3.54. The molecule has 90 valence electrons. The summed E-state index contributed by atoms with van der Waals surface area (Å²) in [6.45, 7) is 1.36. The SMILES string of the molecule is CC(N)C(O)c1c(O)cccc1C(F)(F)F. The van der Waals surface area contributed by atoms with Crippen molar-refractivity contribution in [3.05, 3.63) is 29.3 Å². The predicted molar refractivity (Wildman–Crippen MR) is 51.7 cm³/mol. The Labute approximate surface area is 90.3 Å². The van der Waals surface area contributed by atoms with Crippen LogP contribution >= 0.6 is 0 Å². The fraction of sp³-hybridized carbons (Fsp3) is 0.400. The van der Waals surface area contributed by atoms with E-state index in [9.17, 15) is 23.4 Å². The van der Waals surface area contributed by atoms with Gasteiger partial charge in [-0.2, -0.15) is 13.2 Å². The maximum atomic E-state index is 12.6. The minimum atomic E-state index is -4.63. The van der Waals surface area contributed by atoms with Crippen LogP contribution in [0.4, 0.5) is 13.2 Å². The molecule has 4 N–H and O–H groups in total. The smallest absolute Gasteiger partial charge is 0.416 e. The summed E-state index contributed by atoms with van der Waals surface area (Å²) in [5, 5.41) is 18.9. The third kappa shape index (κ3) is 2.45. The molecule has 16 heavy (non-hydrogen) atoms. The summed E-state index contributed by atoms with van der Waals surface area (Å²) in [4.78, 5) is 0. The number of aromatic hydroxyl groups is 1. The van der Waals surface area contributed by atoms with Crippen molar-refractivity contribution in [3.63, 3.8) is 0 Å². The zero-order chi connectivity index (χ0) is 12.5. The molecule has 0 heterocycles. The van der Waals surface area contributed by atoms with Crippen LogP contribution < -0.4 is 5.73 Å². The van der Waals surface area contributed by atoms with Gasteiger partial charge in [-0.05, 0) is 19.1 Å². The Balaban J connectivity index is 3.35. The van der Waals surface area contributed by atoms with Gasteiger partial charge in [-0.25, -0.2) is 0 Å². The minimum absolute atomic E-state index is 0.579. The summed E-state index contributed by atoms with van der Waals surface area (Å²) in [7, 11) is 0. The van der Waals surface area contributed by atoms with Crippen molar-refractivity contribution in [2.45, 2.75) is 25.2 Å². The fourth-order valence-electron chi connectivity index (χ4n) is 1.37. The van der Waals surface area contributed by atoms with Crippen molar-refractivity contribution in [2.24, 2.45) is 5.73 Å². The van der Waals surface area contributed by atoms with Crippen molar-refractivity contribution in [1.82, 2.24) is 0 Å². The van der Waals surface area contributed by atoms with Crippen LogP contribution in [0, 0.1) is 0 Å². The average molecular weight is 235 g/mol. The van der Waals surface area contributed by atoms with Crippen LogP contribution in [0.2, 0.25) is 0 Å². The van der Waals surface area contributed by atoms with Crippen molar-refractivity contribution in [3.8, 4) is 5.75 Å². The molecule has 1 aromatic carbocycles. The summed E-state index contributed by atoms with van der Waals surface area (Å²) in [5.41, 5.74) is 3.67. The summed E-state index contributed by atoms with van der Waals surface area (Å²) in [5.74, 6) is -0.611. The van der Waals surface area contributed by atoms with Gasteiger partial charge in [0.2, 0.25) is 0 Å². The van der Waals surface area contributed by atoms with Crippen molar-refractivity contribution in [1.29, 1.82) is 0 Å². The van der Waals surface area contributed by atoms with Crippen molar-refractivity contribution < 1.29 is 23.4 Å². The van der Waals surface area contributed by atoms with Gasteiger partial charge in [0.1, 0.15) is 5.75 Å². The molecule has 0 radical (unpaired) electrons. The summed E-state index contributed by atoms with van der Waals surface area (Å²) < 4.78 is 37.8. The Bertz CT molecular complexity index is 377. The van der Waals surface area contributed by atoms with Crippen LogP contribution in [0.1, 0.15) is 24.2 Å². The van der Waals surface area contributed by atoms with Gasteiger partial charge in [0.25, 0.3) is 0 Å². The lowest BCUT2D eigenvalue weighted by Crippen LogP contribution is -2.26. The van der Waals surface area contributed by atoms with E-state index in [1.165, 1.54) is 6.92 Å². The van der Waals surface area contributed by atoms with Crippen LogP contribution in [-0.2, 0) is 6.18 Å². The van der Waals surface area contributed by atoms with Crippen LogP contribution in [0.3, 0.4) is 0 Å². The van der Waals surface area contributed by atoms with Crippen molar-refractivity contribution in [2.75, 3.05) is 0 Å². The topological polar surface area (TPSA) is 66.5 Å². The van der Waals surface area contributed by atoms with Gasteiger partial charge in [0, 0.05) is 11.6 Å². The number of phenolic OH excluding ortho intramolecular Hbond substituents is 1. The third-order valence-corrected chi connectivity index (χ3v) is 2.18.